The maximum Gasteiger partial charge on any atom is 0.124 e. The van der Waals surface area contributed by atoms with Crippen molar-refractivity contribution in [3.8, 4) is 11.5 Å². The molecule has 0 radical (unpaired) electrons. The standard InChI is InChI=1S/C16H15FN2O2/c1-21-12-6-7-16(20)13(8-12)15-9-14(18-19-15)10-2-4-11(17)5-3-10/h2-8,14,18,20H,9H2,1H3. The summed E-state index contributed by atoms with van der Waals surface area (Å²) in [5.74, 6) is 0.565. The number of halogens is 1. The van der Waals surface area contributed by atoms with Crippen molar-refractivity contribution in [1.29, 1.82) is 0 Å². The highest BCUT2D eigenvalue weighted by Crippen LogP contribution is 2.30. The first kappa shape index (κ1) is 13.4. The van der Waals surface area contributed by atoms with Crippen LogP contribution in [0.5, 0.6) is 11.5 Å². The molecule has 1 aliphatic heterocycles. The van der Waals surface area contributed by atoms with Crippen LogP contribution in [-0.4, -0.2) is 17.9 Å². The number of ether oxygens (including phenoxy) is 1. The lowest BCUT2D eigenvalue weighted by molar-refractivity contribution is 0.412. The van der Waals surface area contributed by atoms with Crippen molar-refractivity contribution in [2.45, 2.75) is 12.5 Å². The Bertz CT molecular complexity index is 683. The lowest BCUT2D eigenvalue weighted by Crippen LogP contribution is -2.09. The minimum Gasteiger partial charge on any atom is -0.507 e. The van der Waals surface area contributed by atoms with Gasteiger partial charge in [0.25, 0.3) is 0 Å². The summed E-state index contributed by atoms with van der Waals surface area (Å²) in [6.45, 7) is 0. The normalized spacial score (nSPS) is 17.2. The molecule has 0 fully saturated rings. The monoisotopic (exact) mass is 286 g/mol. The predicted octanol–water partition coefficient (Wildman–Crippen LogP) is 2.98. The van der Waals surface area contributed by atoms with Gasteiger partial charge in [-0.3, -0.25) is 0 Å². The molecule has 2 aromatic rings. The van der Waals surface area contributed by atoms with E-state index >= 15 is 0 Å². The molecule has 4 nitrogen and oxygen atoms in total. The average Bonchev–Trinajstić information content (AvgIpc) is 2.98. The molecule has 0 spiro atoms. The predicted molar refractivity (Wildman–Crippen MR) is 78.1 cm³/mol. The smallest absolute Gasteiger partial charge is 0.124 e. The molecular formula is C16H15FN2O2. The Kier molecular flexibility index (Phi) is 3.48. The number of rotatable bonds is 3. The van der Waals surface area contributed by atoms with Gasteiger partial charge in [0.15, 0.2) is 0 Å². The second kappa shape index (κ2) is 5.44. The molecule has 108 valence electrons. The summed E-state index contributed by atoms with van der Waals surface area (Å²) < 4.78 is 18.1. The van der Waals surface area contributed by atoms with E-state index in [9.17, 15) is 9.50 Å². The fraction of sp³-hybridized carbons (Fsp3) is 0.188. The molecule has 0 amide bonds. The Morgan fingerprint density at radius 2 is 2.00 bits per heavy atom. The van der Waals surface area contributed by atoms with E-state index in [1.807, 2.05) is 0 Å². The van der Waals surface area contributed by atoms with E-state index in [4.69, 9.17) is 4.74 Å². The fourth-order valence-corrected chi connectivity index (χ4v) is 2.37. The van der Waals surface area contributed by atoms with Gasteiger partial charge in [0.05, 0.1) is 18.9 Å². The van der Waals surface area contributed by atoms with Gasteiger partial charge < -0.3 is 15.3 Å². The molecule has 5 heteroatoms. The first-order chi connectivity index (χ1) is 10.2. The van der Waals surface area contributed by atoms with E-state index < -0.39 is 0 Å². The number of nitrogens with zero attached hydrogens (tertiary/aromatic N) is 1. The van der Waals surface area contributed by atoms with Gasteiger partial charge in [-0.1, -0.05) is 12.1 Å². The minimum atomic E-state index is -0.261. The van der Waals surface area contributed by atoms with E-state index in [1.54, 1.807) is 37.4 Å². The third-order valence-corrected chi connectivity index (χ3v) is 3.54. The molecule has 3 rings (SSSR count). The molecule has 1 atom stereocenters. The van der Waals surface area contributed by atoms with Crippen molar-refractivity contribution in [3.05, 3.63) is 59.4 Å². The molecule has 1 unspecified atom stereocenters. The van der Waals surface area contributed by atoms with E-state index in [0.29, 0.717) is 17.7 Å². The zero-order valence-corrected chi connectivity index (χ0v) is 11.5. The third kappa shape index (κ3) is 2.67. The number of nitrogens with one attached hydrogen (secondary N) is 1. The molecule has 2 aromatic carbocycles. The highest BCUT2D eigenvalue weighted by Gasteiger charge is 2.23. The quantitative estimate of drug-likeness (QED) is 0.912. The zero-order valence-electron chi connectivity index (χ0n) is 11.5. The summed E-state index contributed by atoms with van der Waals surface area (Å²) in [5.41, 5.74) is 5.37. The number of hydrogen-bond donors (Lipinski definition) is 2. The number of methoxy groups -OCH3 is 1. The van der Waals surface area contributed by atoms with E-state index in [-0.39, 0.29) is 17.6 Å². The second-order valence-electron chi connectivity index (χ2n) is 4.88. The lowest BCUT2D eigenvalue weighted by Gasteiger charge is -2.10. The zero-order chi connectivity index (χ0) is 14.8. The number of aromatic hydroxyl groups is 1. The van der Waals surface area contributed by atoms with Gasteiger partial charge in [-0.15, -0.1) is 0 Å². The van der Waals surface area contributed by atoms with Crippen LogP contribution in [0.1, 0.15) is 23.6 Å². The number of hydrazone groups is 1. The maximum absolute atomic E-state index is 13.0. The van der Waals surface area contributed by atoms with Crippen LogP contribution in [0.25, 0.3) is 0 Å². The van der Waals surface area contributed by atoms with Crippen LogP contribution in [-0.2, 0) is 0 Å². The topological polar surface area (TPSA) is 53.9 Å². The number of phenols is 1. The van der Waals surface area contributed by atoms with Crippen LogP contribution in [0.2, 0.25) is 0 Å². The van der Waals surface area contributed by atoms with Gasteiger partial charge in [0.2, 0.25) is 0 Å². The van der Waals surface area contributed by atoms with E-state index in [2.05, 4.69) is 10.5 Å². The van der Waals surface area contributed by atoms with Gasteiger partial charge in [-0.25, -0.2) is 4.39 Å². The van der Waals surface area contributed by atoms with Gasteiger partial charge in [0.1, 0.15) is 17.3 Å². The largest absolute Gasteiger partial charge is 0.507 e. The summed E-state index contributed by atoms with van der Waals surface area (Å²) >= 11 is 0. The van der Waals surface area contributed by atoms with Crippen molar-refractivity contribution in [1.82, 2.24) is 5.43 Å². The van der Waals surface area contributed by atoms with Crippen molar-refractivity contribution >= 4 is 5.71 Å². The summed E-state index contributed by atoms with van der Waals surface area (Å²) in [7, 11) is 1.58. The van der Waals surface area contributed by atoms with Gasteiger partial charge in [-0.2, -0.15) is 5.10 Å². The molecular weight excluding hydrogens is 271 g/mol. The van der Waals surface area contributed by atoms with Gasteiger partial charge in [0, 0.05) is 12.0 Å². The van der Waals surface area contributed by atoms with Crippen LogP contribution in [0.4, 0.5) is 4.39 Å². The molecule has 0 saturated carbocycles. The van der Waals surface area contributed by atoms with Crippen molar-refractivity contribution < 1.29 is 14.2 Å². The molecule has 0 aliphatic carbocycles. The van der Waals surface area contributed by atoms with Crippen molar-refractivity contribution in [3.63, 3.8) is 0 Å². The molecule has 2 N–H and O–H groups in total. The maximum atomic E-state index is 13.0. The fourth-order valence-electron chi connectivity index (χ4n) is 2.37. The van der Waals surface area contributed by atoms with Crippen molar-refractivity contribution in [2.75, 3.05) is 7.11 Å². The summed E-state index contributed by atoms with van der Waals surface area (Å²) in [6, 6.07) is 11.3. The molecule has 0 bridgehead atoms. The van der Waals surface area contributed by atoms with Crippen LogP contribution in [0, 0.1) is 5.82 Å². The van der Waals surface area contributed by atoms with Gasteiger partial charge in [-0.05, 0) is 35.9 Å². The van der Waals surface area contributed by atoms with Gasteiger partial charge >= 0.3 is 0 Å². The van der Waals surface area contributed by atoms with E-state index in [1.165, 1.54) is 12.1 Å². The molecule has 1 heterocycles. The lowest BCUT2D eigenvalue weighted by atomic mass is 9.98. The average molecular weight is 286 g/mol. The summed E-state index contributed by atoms with van der Waals surface area (Å²) in [6.07, 6.45) is 0.617. The molecule has 1 aliphatic rings. The van der Waals surface area contributed by atoms with Crippen molar-refractivity contribution in [2.24, 2.45) is 5.10 Å². The highest BCUT2D eigenvalue weighted by molar-refractivity contribution is 6.04. The third-order valence-electron chi connectivity index (χ3n) is 3.54. The SMILES string of the molecule is COc1ccc(O)c(C2=NNC(c3ccc(F)cc3)C2)c1. The summed E-state index contributed by atoms with van der Waals surface area (Å²) in [5, 5.41) is 14.3. The first-order valence-electron chi connectivity index (χ1n) is 6.62. The molecule has 0 saturated heterocycles. The van der Waals surface area contributed by atoms with E-state index in [0.717, 1.165) is 11.3 Å². The minimum absolute atomic E-state index is 0.0220. The Balaban J connectivity index is 1.82. The van der Waals surface area contributed by atoms with Crippen LogP contribution in [0.3, 0.4) is 0 Å². The summed E-state index contributed by atoms with van der Waals surface area (Å²) in [4.78, 5) is 0. The molecule has 21 heavy (non-hydrogen) atoms. The Hall–Kier alpha value is -2.56. The highest BCUT2D eigenvalue weighted by atomic mass is 19.1. The number of hydrogen-bond acceptors (Lipinski definition) is 4. The van der Waals surface area contributed by atoms with Crippen LogP contribution < -0.4 is 10.2 Å². The Morgan fingerprint density at radius 1 is 1.24 bits per heavy atom. The second-order valence-corrected chi connectivity index (χ2v) is 4.88. The Labute approximate surface area is 121 Å². The number of benzene rings is 2. The van der Waals surface area contributed by atoms with Crippen LogP contribution in [0.15, 0.2) is 47.6 Å². The van der Waals surface area contributed by atoms with Crippen LogP contribution >= 0.6 is 0 Å². The Morgan fingerprint density at radius 3 is 2.71 bits per heavy atom. The molecule has 0 aromatic heterocycles. The first-order valence-corrected chi connectivity index (χ1v) is 6.62. The number of phenolic OH excluding ortho intramolecular Hbond substituents is 1.